The van der Waals surface area contributed by atoms with Crippen LogP contribution in [0, 0.1) is 10.1 Å². The number of pyridine rings is 1. The molecule has 0 radical (unpaired) electrons. The lowest BCUT2D eigenvalue weighted by molar-refractivity contribution is -0.384. The van der Waals surface area contributed by atoms with Crippen molar-refractivity contribution in [1.29, 1.82) is 0 Å². The number of H-pyrrole nitrogens is 1. The fourth-order valence-corrected chi connectivity index (χ4v) is 10.4. The van der Waals surface area contributed by atoms with Crippen LogP contribution in [0.4, 0.5) is 15.8 Å². The molecule has 1 amide bonds. The fourth-order valence-electron chi connectivity index (χ4n) is 9.39. The molecule has 2 aromatic heterocycles. The summed E-state index contributed by atoms with van der Waals surface area (Å²) in [5.74, 6) is 0.145. The molecule has 3 aliphatic carbocycles. The largest absolute Gasteiger partial charge is 0.455 e. The standard InChI is InChI=1S/C46H49FN6O7S/c47-46(20-17-34(54)18-21-46)28-50-40-16-14-36(26-42(40)53(56)57)61(58,59)51-45(55)39-15-11-31(25-43(39)60-35-24-32-19-22-48-44(32)49-27-35)29-9-12-33(13-10-29)52-23-3-6-41(52)38-5-2-1-4-37(38)30-7-8-30/h1-2,4-5,9,11,14-16,19,22,24-27,30,33-34,41,50,54H,3,6-8,10,12-13,17-18,20-21,23,28H2,(H,48,49)(H,51,55)/t33?,34?,41-,46?/m0/s1. The van der Waals surface area contributed by atoms with E-state index in [1.807, 2.05) is 6.07 Å². The van der Waals surface area contributed by atoms with Crippen LogP contribution in [0.2, 0.25) is 0 Å². The number of alkyl halides is 1. The quantitative estimate of drug-likeness (QED) is 0.0660. The molecule has 15 heteroatoms. The van der Waals surface area contributed by atoms with Gasteiger partial charge >= 0.3 is 0 Å². The van der Waals surface area contributed by atoms with Crippen LogP contribution in [0.5, 0.6) is 11.5 Å². The summed E-state index contributed by atoms with van der Waals surface area (Å²) < 4.78 is 51.1. The maximum absolute atomic E-state index is 15.4. The first-order chi connectivity index (χ1) is 29.4. The Bertz CT molecular complexity index is 2620. The molecule has 318 valence electrons. The molecule has 3 heterocycles. The molecule has 1 unspecified atom stereocenters. The van der Waals surface area contributed by atoms with Crippen LogP contribution >= 0.6 is 0 Å². The number of aromatic amines is 1. The summed E-state index contributed by atoms with van der Waals surface area (Å²) in [4.78, 5) is 34.9. The van der Waals surface area contributed by atoms with Crippen molar-refractivity contribution < 1.29 is 32.4 Å². The van der Waals surface area contributed by atoms with Gasteiger partial charge in [0.25, 0.3) is 21.6 Å². The molecule has 3 fully saturated rings. The summed E-state index contributed by atoms with van der Waals surface area (Å²) >= 11 is 0. The molecule has 0 bridgehead atoms. The highest BCUT2D eigenvalue weighted by molar-refractivity contribution is 7.90. The molecule has 2 atom stereocenters. The zero-order chi connectivity index (χ0) is 42.3. The lowest BCUT2D eigenvalue weighted by atomic mass is 9.85. The van der Waals surface area contributed by atoms with Crippen LogP contribution in [0.3, 0.4) is 0 Å². The third-order valence-corrected chi connectivity index (χ3v) is 14.2. The monoisotopic (exact) mass is 848 g/mol. The van der Waals surface area contributed by atoms with Crippen molar-refractivity contribution in [3.63, 3.8) is 0 Å². The molecule has 2 saturated carbocycles. The van der Waals surface area contributed by atoms with E-state index >= 15 is 4.39 Å². The average Bonchev–Trinajstić information content (AvgIpc) is 3.80. The smallest absolute Gasteiger partial charge is 0.293 e. The molecule has 9 rings (SSSR count). The van der Waals surface area contributed by atoms with Gasteiger partial charge in [-0.1, -0.05) is 36.4 Å². The second-order valence-electron chi connectivity index (χ2n) is 17.0. The Morgan fingerprint density at radius 1 is 1.02 bits per heavy atom. The van der Waals surface area contributed by atoms with E-state index in [9.17, 15) is 28.4 Å². The number of nitro benzene ring substituents is 1. The van der Waals surface area contributed by atoms with Crippen LogP contribution in [0.1, 0.15) is 110 Å². The normalized spacial score (nSPS) is 23.4. The third-order valence-electron chi connectivity index (χ3n) is 12.9. The van der Waals surface area contributed by atoms with Crippen molar-refractivity contribution in [3.8, 4) is 11.5 Å². The van der Waals surface area contributed by atoms with Crippen molar-refractivity contribution in [1.82, 2.24) is 19.6 Å². The van der Waals surface area contributed by atoms with Crippen molar-refractivity contribution in [2.24, 2.45) is 0 Å². The second kappa shape index (κ2) is 16.7. The maximum Gasteiger partial charge on any atom is 0.293 e. The number of carbonyl (C=O) groups is 1. The minimum atomic E-state index is -4.64. The number of likely N-dealkylation sites (tertiary alicyclic amines) is 1. The number of hydrogen-bond acceptors (Lipinski definition) is 10. The number of sulfonamides is 1. The molecule has 4 N–H and O–H groups in total. The van der Waals surface area contributed by atoms with Crippen molar-refractivity contribution >= 4 is 43.9 Å². The van der Waals surface area contributed by atoms with Crippen LogP contribution in [0.25, 0.3) is 16.6 Å². The van der Waals surface area contributed by atoms with Gasteiger partial charge in [0.15, 0.2) is 0 Å². The highest BCUT2D eigenvalue weighted by Crippen LogP contribution is 2.47. The van der Waals surface area contributed by atoms with Crippen molar-refractivity contribution in [2.45, 2.75) is 105 Å². The molecule has 3 aromatic carbocycles. The predicted octanol–water partition coefficient (Wildman–Crippen LogP) is 9.09. The van der Waals surface area contributed by atoms with Gasteiger partial charge in [0.1, 0.15) is 28.5 Å². The number of aromatic nitrogens is 2. The lowest BCUT2D eigenvalue weighted by Gasteiger charge is -2.36. The van der Waals surface area contributed by atoms with E-state index in [0.29, 0.717) is 29.4 Å². The number of fused-ring (bicyclic) bond motifs is 1. The molecular formula is C46H49FN6O7S. The highest BCUT2D eigenvalue weighted by Gasteiger charge is 2.37. The summed E-state index contributed by atoms with van der Waals surface area (Å²) in [7, 11) is -4.64. The Kier molecular flexibility index (Phi) is 11.1. The zero-order valence-electron chi connectivity index (χ0n) is 33.7. The Hall–Kier alpha value is -5.64. The number of carbonyl (C=O) groups excluding carboxylic acids is 1. The Morgan fingerprint density at radius 2 is 1.82 bits per heavy atom. The molecule has 5 aromatic rings. The van der Waals surface area contributed by atoms with Crippen LogP contribution in [-0.4, -0.2) is 70.1 Å². The molecule has 61 heavy (non-hydrogen) atoms. The van der Waals surface area contributed by atoms with E-state index in [0.717, 1.165) is 60.9 Å². The predicted molar refractivity (Wildman–Crippen MR) is 230 cm³/mol. The molecule has 13 nitrogen and oxygen atoms in total. The lowest BCUT2D eigenvalue weighted by Crippen LogP contribution is -2.38. The number of anilines is 1. The first kappa shape index (κ1) is 40.7. The number of hydrogen-bond donors (Lipinski definition) is 4. The summed E-state index contributed by atoms with van der Waals surface area (Å²) in [6, 6.07) is 21.6. The van der Waals surface area contributed by atoms with E-state index in [1.54, 1.807) is 24.4 Å². The van der Waals surface area contributed by atoms with E-state index in [2.05, 4.69) is 55.2 Å². The van der Waals surface area contributed by atoms with E-state index in [-0.39, 0.29) is 49.2 Å². The van der Waals surface area contributed by atoms with Crippen LogP contribution < -0.4 is 14.8 Å². The van der Waals surface area contributed by atoms with Crippen LogP contribution in [-0.2, 0) is 10.0 Å². The molecule has 1 aliphatic heterocycles. The number of nitrogens with one attached hydrogen (secondary N) is 3. The van der Waals surface area contributed by atoms with Gasteiger partial charge in [0, 0.05) is 36.3 Å². The number of rotatable bonds is 13. The Labute approximate surface area is 353 Å². The molecule has 0 spiro atoms. The number of allylic oxidation sites excluding steroid dienone is 1. The number of amides is 1. The number of aliphatic hydroxyl groups is 1. The number of halogens is 1. The summed E-state index contributed by atoms with van der Waals surface area (Å²) in [6.07, 6.45) is 13.2. The summed E-state index contributed by atoms with van der Waals surface area (Å²) in [5, 5.41) is 25.4. The van der Waals surface area contributed by atoms with Gasteiger partial charge in [-0.25, -0.2) is 22.5 Å². The minimum absolute atomic E-state index is 0.0661. The minimum Gasteiger partial charge on any atom is -0.455 e. The fraction of sp³-hybridized carbons (Fsp3) is 0.391. The van der Waals surface area contributed by atoms with Gasteiger partial charge in [0.2, 0.25) is 0 Å². The Morgan fingerprint density at radius 3 is 2.57 bits per heavy atom. The second-order valence-corrected chi connectivity index (χ2v) is 18.6. The van der Waals surface area contributed by atoms with E-state index in [4.69, 9.17) is 4.74 Å². The van der Waals surface area contributed by atoms with E-state index in [1.165, 1.54) is 48.7 Å². The topological polar surface area (TPSA) is 180 Å². The SMILES string of the molecule is O=C(NS(=O)(=O)c1ccc(NCC2(F)CCC(O)CC2)c([N+](=O)[O-])c1)c1ccc(C2=CCC(N3CCC[C@H]3c3ccccc3C3CC3)CC2)cc1Oc1cnc2[nH]ccc2c1. The van der Waals surface area contributed by atoms with Gasteiger partial charge in [-0.15, -0.1) is 0 Å². The summed E-state index contributed by atoms with van der Waals surface area (Å²) in [5.41, 5.74) is 3.19. The first-order valence-electron chi connectivity index (χ1n) is 21.2. The van der Waals surface area contributed by atoms with Gasteiger partial charge < -0.3 is 20.1 Å². The van der Waals surface area contributed by atoms with Gasteiger partial charge in [-0.2, -0.15) is 0 Å². The van der Waals surface area contributed by atoms with Gasteiger partial charge in [0.05, 0.1) is 27.7 Å². The Balaban J connectivity index is 0.950. The number of ether oxygens (including phenoxy) is 1. The van der Waals surface area contributed by atoms with Crippen molar-refractivity contribution in [2.75, 3.05) is 18.4 Å². The number of benzene rings is 3. The number of aliphatic hydroxyl groups excluding tert-OH is 1. The maximum atomic E-state index is 15.4. The zero-order valence-corrected chi connectivity index (χ0v) is 34.5. The van der Waals surface area contributed by atoms with Gasteiger partial charge in [-0.3, -0.25) is 19.8 Å². The third kappa shape index (κ3) is 8.77. The first-order valence-corrected chi connectivity index (χ1v) is 22.7. The molecule has 4 aliphatic rings. The molecule has 1 saturated heterocycles. The van der Waals surface area contributed by atoms with Crippen molar-refractivity contribution in [3.05, 3.63) is 124 Å². The van der Waals surface area contributed by atoms with Gasteiger partial charge in [-0.05, 0) is 142 Å². The van der Waals surface area contributed by atoms with Crippen LogP contribution in [0.15, 0.2) is 96.2 Å². The average molecular weight is 849 g/mol. The summed E-state index contributed by atoms with van der Waals surface area (Å²) in [6.45, 7) is 0.822. The highest BCUT2D eigenvalue weighted by atomic mass is 32.2. The number of nitrogens with zero attached hydrogens (tertiary/aromatic N) is 3. The number of nitro groups is 1. The molecular weight excluding hydrogens is 800 g/mol. The van der Waals surface area contributed by atoms with E-state index < -0.39 is 43.2 Å².